The maximum absolute atomic E-state index is 11.7. The molecule has 1 aromatic heterocycles. The Kier molecular flexibility index (Phi) is 5.91. The first-order valence-electron chi connectivity index (χ1n) is 9.37. The highest BCUT2D eigenvalue weighted by Gasteiger charge is 2.22. The molecule has 3 atom stereocenters. The number of carbonyl (C=O) groups is 1. The molecule has 7 heteroatoms. The van der Waals surface area contributed by atoms with Crippen LogP contribution in [0.2, 0.25) is 0 Å². The minimum atomic E-state index is -0.577. The van der Waals surface area contributed by atoms with Gasteiger partial charge in [0.05, 0.1) is 17.7 Å². The number of amides is 1. The third kappa shape index (κ3) is 4.95. The van der Waals surface area contributed by atoms with Crippen LogP contribution in [0.15, 0.2) is 30.5 Å². The second-order valence-electron chi connectivity index (χ2n) is 7.26. The van der Waals surface area contributed by atoms with Crippen molar-refractivity contribution in [2.75, 3.05) is 10.6 Å². The number of rotatable bonds is 6. The van der Waals surface area contributed by atoms with Gasteiger partial charge in [0.25, 0.3) is 5.91 Å². The van der Waals surface area contributed by atoms with Crippen LogP contribution in [0.25, 0.3) is 0 Å². The van der Waals surface area contributed by atoms with Gasteiger partial charge in [0.1, 0.15) is 5.82 Å². The molecule has 7 nitrogen and oxygen atoms in total. The first-order chi connectivity index (χ1) is 12.9. The van der Waals surface area contributed by atoms with Crippen LogP contribution in [0.3, 0.4) is 0 Å². The van der Waals surface area contributed by atoms with E-state index in [1.54, 1.807) is 0 Å². The molecule has 1 aliphatic rings. The molecular formula is C20H27N5O2. The normalized spacial score (nSPS) is 20.7. The van der Waals surface area contributed by atoms with Crippen LogP contribution in [0, 0.1) is 6.92 Å². The number of nitrogens with two attached hydrogens (primary N) is 1. The number of aromatic nitrogens is 2. The molecule has 1 amide bonds. The number of aryl methyl sites for hydroxylation is 1. The number of aliphatic hydroxyl groups excluding tert-OH is 1. The Labute approximate surface area is 159 Å². The van der Waals surface area contributed by atoms with Crippen molar-refractivity contribution in [1.29, 1.82) is 0 Å². The van der Waals surface area contributed by atoms with Gasteiger partial charge in [-0.2, -0.15) is 4.98 Å². The van der Waals surface area contributed by atoms with Crippen molar-refractivity contribution in [3.63, 3.8) is 0 Å². The highest BCUT2D eigenvalue weighted by atomic mass is 16.3. The summed E-state index contributed by atoms with van der Waals surface area (Å²) in [7, 11) is 0. The smallest absolute Gasteiger partial charge is 0.254 e. The highest BCUT2D eigenvalue weighted by Crippen LogP contribution is 2.24. The largest absolute Gasteiger partial charge is 0.393 e. The van der Waals surface area contributed by atoms with Crippen LogP contribution in [0.1, 0.15) is 60.1 Å². The molecule has 1 saturated carbocycles. The van der Waals surface area contributed by atoms with Crippen molar-refractivity contribution in [3.8, 4) is 0 Å². The fourth-order valence-electron chi connectivity index (χ4n) is 3.36. The summed E-state index contributed by atoms with van der Waals surface area (Å²) >= 11 is 0. The first kappa shape index (κ1) is 19.1. The highest BCUT2D eigenvalue weighted by molar-refractivity contribution is 5.97. The molecule has 144 valence electrons. The molecule has 27 heavy (non-hydrogen) atoms. The molecule has 3 rings (SSSR count). The topological polar surface area (TPSA) is 113 Å². The lowest BCUT2D eigenvalue weighted by atomic mass is 9.93. The fourth-order valence-corrected chi connectivity index (χ4v) is 3.36. The number of carbonyl (C=O) groups excluding carboxylic acids is 1. The average Bonchev–Trinajstić information content (AvgIpc) is 2.62. The van der Waals surface area contributed by atoms with E-state index in [0.717, 1.165) is 24.8 Å². The van der Waals surface area contributed by atoms with E-state index in [1.807, 2.05) is 13.8 Å². The van der Waals surface area contributed by atoms with Gasteiger partial charge >= 0.3 is 0 Å². The molecule has 0 unspecified atom stereocenters. The van der Waals surface area contributed by atoms with Crippen LogP contribution in [0.4, 0.5) is 11.8 Å². The van der Waals surface area contributed by atoms with Crippen LogP contribution in [-0.2, 0) is 0 Å². The predicted molar refractivity (Wildman–Crippen MR) is 106 cm³/mol. The van der Waals surface area contributed by atoms with Crippen LogP contribution in [0.5, 0.6) is 0 Å². The molecule has 0 radical (unpaired) electrons. The summed E-state index contributed by atoms with van der Waals surface area (Å²) in [5.74, 6) is 0.258. The summed E-state index contributed by atoms with van der Waals surface area (Å²) < 4.78 is 0. The van der Waals surface area contributed by atoms with Crippen molar-refractivity contribution < 1.29 is 9.90 Å². The van der Waals surface area contributed by atoms with E-state index in [2.05, 4.69) is 44.9 Å². The van der Waals surface area contributed by atoms with E-state index in [-0.39, 0.29) is 23.8 Å². The molecule has 2 aromatic rings. The fraction of sp³-hybridized carbons (Fsp3) is 0.450. The zero-order chi connectivity index (χ0) is 19.4. The molecule has 5 N–H and O–H groups in total. The average molecular weight is 369 g/mol. The zero-order valence-electron chi connectivity index (χ0n) is 15.8. The minimum absolute atomic E-state index is 0.00869. The second-order valence-corrected chi connectivity index (χ2v) is 7.26. The maximum atomic E-state index is 11.7. The number of nitrogens with zero attached hydrogens (tertiary/aromatic N) is 2. The van der Waals surface area contributed by atoms with Crippen molar-refractivity contribution in [2.24, 2.45) is 5.73 Å². The van der Waals surface area contributed by atoms with Gasteiger partial charge in [-0.3, -0.25) is 4.79 Å². The van der Waals surface area contributed by atoms with E-state index in [1.165, 1.54) is 11.8 Å². The quantitative estimate of drug-likeness (QED) is 0.623. The number of anilines is 2. The number of nitrogens with one attached hydrogen (secondary N) is 2. The Bertz CT molecular complexity index is 793. The molecule has 1 aromatic carbocycles. The zero-order valence-corrected chi connectivity index (χ0v) is 15.8. The third-order valence-corrected chi connectivity index (χ3v) is 4.96. The third-order valence-electron chi connectivity index (χ3n) is 4.96. The summed E-state index contributed by atoms with van der Waals surface area (Å²) in [5.41, 5.74) is 8.05. The summed E-state index contributed by atoms with van der Waals surface area (Å²) in [6.45, 7) is 4.08. The van der Waals surface area contributed by atoms with Gasteiger partial charge in [-0.15, -0.1) is 0 Å². The van der Waals surface area contributed by atoms with Crippen LogP contribution >= 0.6 is 0 Å². The van der Waals surface area contributed by atoms with Gasteiger partial charge in [0.2, 0.25) is 5.95 Å². The number of primary amides is 1. The van der Waals surface area contributed by atoms with Gasteiger partial charge < -0.3 is 21.5 Å². The van der Waals surface area contributed by atoms with Gasteiger partial charge in [0.15, 0.2) is 0 Å². The van der Waals surface area contributed by atoms with Crippen molar-refractivity contribution in [1.82, 2.24) is 9.97 Å². The number of hydrogen-bond acceptors (Lipinski definition) is 6. The van der Waals surface area contributed by atoms with E-state index in [9.17, 15) is 9.90 Å². The van der Waals surface area contributed by atoms with Crippen molar-refractivity contribution in [3.05, 3.63) is 47.2 Å². The van der Waals surface area contributed by atoms with Crippen molar-refractivity contribution in [2.45, 2.75) is 57.7 Å². The van der Waals surface area contributed by atoms with Crippen LogP contribution < -0.4 is 16.4 Å². The lowest BCUT2D eigenvalue weighted by Gasteiger charge is -2.27. The summed E-state index contributed by atoms with van der Waals surface area (Å²) in [6, 6.07) is 8.32. The van der Waals surface area contributed by atoms with Gasteiger partial charge in [-0.05, 0) is 45.1 Å². The molecule has 0 aliphatic heterocycles. The lowest BCUT2D eigenvalue weighted by Crippen LogP contribution is -2.31. The van der Waals surface area contributed by atoms with Gasteiger partial charge in [-0.25, -0.2) is 4.98 Å². The van der Waals surface area contributed by atoms with Gasteiger partial charge in [-0.1, -0.05) is 29.8 Å². The number of aliphatic hydroxyl groups is 1. The molecular weight excluding hydrogens is 342 g/mol. The Morgan fingerprint density at radius 3 is 2.70 bits per heavy atom. The molecule has 1 heterocycles. The summed E-state index contributed by atoms with van der Waals surface area (Å²) in [4.78, 5) is 20.5. The first-order valence-corrected chi connectivity index (χ1v) is 9.37. The standard InChI is InChI=1S/C20H27N5O2/c1-12-6-8-14(9-7-12)13(2)23-20-22-11-17(18(21)27)19(25-20)24-15-4-3-5-16(26)10-15/h6-9,11,13,15-16,26H,3-5,10H2,1-2H3,(H2,21,27)(H2,22,23,24,25)/t13-,15-,16+/m1/s1. The minimum Gasteiger partial charge on any atom is -0.393 e. The summed E-state index contributed by atoms with van der Waals surface area (Å²) in [6.07, 6.45) is 4.42. The van der Waals surface area contributed by atoms with Crippen LogP contribution in [-0.4, -0.2) is 33.1 Å². The van der Waals surface area contributed by atoms with E-state index >= 15 is 0 Å². The predicted octanol–water partition coefficient (Wildman–Crippen LogP) is 2.77. The second kappa shape index (κ2) is 8.35. The van der Waals surface area contributed by atoms with Crippen molar-refractivity contribution >= 4 is 17.7 Å². The lowest BCUT2D eigenvalue weighted by molar-refractivity contribution is 0.100. The Morgan fingerprint density at radius 2 is 2.04 bits per heavy atom. The summed E-state index contributed by atoms with van der Waals surface area (Å²) in [5, 5.41) is 16.4. The number of benzene rings is 1. The molecule has 1 aliphatic carbocycles. The SMILES string of the molecule is Cc1ccc([C@@H](C)Nc2ncc(C(N)=O)c(N[C@@H]3CCC[C@H](O)C3)n2)cc1. The molecule has 0 spiro atoms. The molecule has 0 bridgehead atoms. The Hall–Kier alpha value is -2.67. The maximum Gasteiger partial charge on any atom is 0.254 e. The Morgan fingerprint density at radius 1 is 1.30 bits per heavy atom. The van der Waals surface area contributed by atoms with E-state index in [4.69, 9.17) is 5.73 Å². The van der Waals surface area contributed by atoms with E-state index in [0.29, 0.717) is 18.2 Å². The molecule has 1 fully saturated rings. The molecule has 0 saturated heterocycles. The monoisotopic (exact) mass is 369 g/mol. The van der Waals surface area contributed by atoms with E-state index < -0.39 is 5.91 Å². The number of hydrogen-bond donors (Lipinski definition) is 4. The van der Waals surface area contributed by atoms with Gasteiger partial charge in [0, 0.05) is 12.2 Å². The Balaban J connectivity index is 1.78.